The molecule has 0 saturated heterocycles. The van der Waals surface area contributed by atoms with Crippen molar-refractivity contribution < 1.29 is 23.2 Å². The molecule has 0 aromatic carbocycles. The van der Waals surface area contributed by atoms with E-state index in [2.05, 4.69) is 0 Å². The minimum absolute atomic E-state index is 0.0127. The number of nitro groups is 1. The van der Waals surface area contributed by atoms with Gasteiger partial charge in [-0.05, 0) is 6.42 Å². The first-order valence-corrected chi connectivity index (χ1v) is 7.37. The summed E-state index contributed by atoms with van der Waals surface area (Å²) in [5.41, 5.74) is -0.663. The van der Waals surface area contributed by atoms with E-state index in [4.69, 9.17) is 5.11 Å². The summed E-state index contributed by atoms with van der Waals surface area (Å²) < 4.78 is 24.1. The number of carbonyl (C=O) groups is 1. The predicted octanol–water partition coefficient (Wildman–Crippen LogP) is 0.919. The lowest BCUT2D eigenvalue weighted by molar-refractivity contribution is -0.384. The van der Waals surface area contributed by atoms with Gasteiger partial charge in [0, 0.05) is 18.4 Å². The molecular formula is C10H14N2O6S. The number of aromatic nitrogens is 1. The smallest absolute Gasteiger partial charge is 0.352 e. The van der Waals surface area contributed by atoms with Crippen molar-refractivity contribution >= 4 is 21.5 Å². The Morgan fingerprint density at radius 1 is 1.47 bits per heavy atom. The normalized spacial score (nSPS) is 11.4. The van der Waals surface area contributed by atoms with Crippen molar-refractivity contribution in [2.75, 3.05) is 11.5 Å². The fraction of sp³-hybridized carbons (Fsp3) is 0.500. The van der Waals surface area contributed by atoms with Crippen LogP contribution in [0.25, 0.3) is 0 Å². The molecule has 0 amide bonds. The van der Waals surface area contributed by atoms with Crippen LogP contribution in [0.5, 0.6) is 0 Å². The third kappa shape index (κ3) is 4.05. The number of carboxylic acids is 1. The van der Waals surface area contributed by atoms with E-state index in [-0.39, 0.29) is 29.4 Å². The Kier molecular flexibility index (Phi) is 4.65. The van der Waals surface area contributed by atoms with Gasteiger partial charge in [-0.1, -0.05) is 6.92 Å². The van der Waals surface area contributed by atoms with Crippen LogP contribution < -0.4 is 0 Å². The maximum Gasteiger partial charge on any atom is 0.352 e. The van der Waals surface area contributed by atoms with Crippen molar-refractivity contribution in [3.63, 3.8) is 0 Å². The molecule has 1 rings (SSSR count). The lowest BCUT2D eigenvalue weighted by Crippen LogP contribution is -2.17. The van der Waals surface area contributed by atoms with Gasteiger partial charge in [0.05, 0.1) is 16.9 Å². The summed E-state index contributed by atoms with van der Waals surface area (Å²) in [7, 11) is -3.27. The molecule has 0 aliphatic rings. The van der Waals surface area contributed by atoms with Crippen molar-refractivity contribution in [2.45, 2.75) is 19.9 Å². The second-order valence-corrected chi connectivity index (χ2v) is 6.29. The van der Waals surface area contributed by atoms with E-state index in [1.165, 1.54) is 0 Å². The van der Waals surface area contributed by atoms with Crippen molar-refractivity contribution in [1.29, 1.82) is 0 Å². The first-order valence-electron chi connectivity index (χ1n) is 5.55. The number of aryl methyl sites for hydroxylation is 1. The summed E-state index contributed by atoms with van der Waals surface area (Å²) in [5.74, 6) is -1.56. The summed E-state index contributed by atoms with van der Waals surface area (Å²) in [5, 5.41) is 19.5. The van der Waals surface area contributed by atoms with E-state index in [9.17, 15) is 23.3 Å². The van der Waals surface area contributed by atoms with Gasteiger partial charge in [-0.15, -0.1) is 0 Å². The molecule has 0 bridgehead atoms. The Bertz CT molecular complexity index is 589. The Morgan fingerprint density at radius 2 is 2.11 bits per heavy atom. The van der Waals surface area contributed by atoms with Gasteiger partial charge >= 0.3 is 5.97 Å². The zero-order valence-corrected chi connectivity index (χ0v) is 11.1. The Balaban J connectivity index is 2.94. The molecule has 19 heavy (non-hydrogen) atoms. The molecule has 0 aliphatic carbocycles. The monoisotopic (exact) mass is 290 g/mol. The fourth-order valence-electron chi connectivity index (χ4n) is 1.61. The predicted molar refractivity (Wildman–Crippen MR) is 67.0 cm³/mol. The molecule has 1 N–H and O–H groups in total. The van der Waals surface area contributed by atoms with Gasteiger partial charge in [-0.3, -0.25) is 10.1 Å². The highest BCUT2D eigenvalue weighted by atomic mass is 32.2. The van der Waals surface area contributed by atoms with Crippen LogP contribution in [0, 0.1) is 10.1 Å². The molecule has 1 heterocycles. The van der Waals surface area contributed by atoms with Crippen LogP contribution in [0.3, 0.4) is 0 Å². The fourth-order valence-corrected chi connectivity index (χ4v) is 2.91. The summed E-state index contributed by atoms with van der Waals surface area (Å²) in [4.78, 5) is 20.8. The number of sulfone groups is 1. The highest BCUT2D eigenvalue weighted by Gasteiger charge is 2.20. The number of nitrogens with zero attached hydrogens (tertiary/aromatic N) is 2. The highest BCUT2D eigenvalue weighted by Crippen LogP contribution is 2.16. The number of carboxylic acid groups (broad SMARTS) is 1. The van der Waals surface area contributed by atoms with Crippen LogP contribution >= 0.6 is 0 Å². The summed E-state index contributed by atoms with van der Waals surface area (Å²) in [6.07, 6.45) is 1.50. The van der Waals surface area contributed by atoms with Gasteiger partial charge in [-0.25, -0.2) is 13.2 Å². The average Bonchev–Trinajstić information content (AvgIpc) is 2.70. The zero-order valence-electron chi connectivity index (χ0n) is 10.3. The molecule has 0 fully saturated rings. The molecule has 0 saturated carbocycles. The average molecular weight is 290 g/mol. The second kappa shape index (κ2) is 5.83. The van der Waals surface area contributed by atoms with E-state index in [1.54, 1.807) is 6.92 Å². The van der Waals surface area contributed by atoms with Gasteiger partial charge < -0.3 is 9.67 Å². The zero-order chi connectivity index (χ0) is 14.6. The number of hydrogen-bond donors (Lipinski definition) is 1. The molecule has 106 valence electrons. The number of hydrogen-bond acceptors (Lipinski definition) is 5. The minimum atomic E-state index is -3.27. The van der Waals surface area contributed by atoms with Crippen molar-refractivity contribution in [1.82, 2.24) is 4.57 Å². The third-order valence-electron chi connectivity index (χ3n) is 2.47. The first-order chi connectivity index (χ1) is 8.76. The lowest BCUT2D eigenvalue weighted by atomic mass is 10.4. The van der Waals surface area contributed by atoms with Crippen LogP contribution in [0.2, 0.25) is 0 Å². The van der Waals surface area contributed by atoms with Crippen LogP contribution in [-0.4, -0.2) is 40.5 Å². The van der Waals surface area contributed by atoms with Crippen molar-refractivity contribution in [3.05, 3.63) is 28.1 Å². The van der Waals surface area contributed by atoms with E-state index in [0.29, 0.717) is 6.42 Å². The number of rotatable bonds is 7. The van der Waals surface area contributed by atoms with E-state index in [1.807, 2.05) is 0 Å². The van der Waals surface area contributed by atoms with Crippen LogP contribution in [0.15, 0.2) is 12.3 Å². The van der Waals surface area contributed by atoms with E-state index < -0.39 is 20.7 Å². The molecule has 0 aliphatic heterocycles. The minimum Gasteiger partial charge on any atom is -0.477 e. The van der Waals surface area contributed by atoms with Crippen LogP contribution in [0.4, 0.5) is 5.69 Å². The topological polar surface area (TPSA) is 120 Å². The quantitative estimate of drug-likeness (QED) is 0.589. The third-order valence-corrected chi connectivity index (χ3v) is 4.31. The van der Waals surface area contributed by atoms with Crippen molar-refractivity contribution in [2.24, 2.45) is 0 Å². The first kappa shape index (κ1) is 15.2. The maximum absolute atomic E-state index is 11.5. The molecule has 0 spiro atoms. The molecule has 1 aromatic rings. The maximum atomic E-state index is 11.5. The molecule has 0 atom stereocenters. The Hall–Kier alpha value is -1.90. The molecule has 1 aromatic heterocycles. The van der Waals surface area contributed by atoms with Crippen molar-refractivity contribution in [3.8, 4) is 0 Å². The molecule has 0 radical (unpaired) electrons. The van der Waals surface area contributed by atoms with Crippen LogP contribution in [0.1, 0.15) is 23.8 Å². The summed E-state index contributed by atoms with van der Waals surface area (Å²) >= 11 is 0. The van der Waals surface area contributed by atoms with Gasteiger partial charge in [0.1, 0.15) is 5.69 Å². The van der Waals surface area contributed by atoms with E-state index in [0.717, 1.165) is 16.8 Å². The molecule has 8 nitrogen and oxygen atoms in total. The van der Waals surface area contributed by atoms with Gasteiger partial charge in [-0.2, -0.15) is 0 Å². The molecule has 9 heteroatoms. The standard InChI is InChI=1S/C10H14N2O6S/c1-2-4-19(17,18)5-3-11-7-8(12(15)16)6-9(11)10(13)14/h6-7H,2-5H2,1H3,(H,13,14). The molecule has 0 unspecified atom stereocenters. The van der Waals surface area contributed by atoms with E-state index >= 15 is 0 Å². The van der Waals surface area contributed by atoms with Gasteiger partial charge in [0.15, 0.2) is 9.84 Å². The van der Waals surface area contributed by atoms with Crippen LogP contribution in [-0.2, 0) is 16.4 Å². The Labute approximate surface area is 109 Å². The van der Waals surface area contributed by atoms with Gasteiger partial charge in [0.2, 0.25) is 0 Å². The summed E-state index contributed by atoms with van der Waals surface area (Å²) in [6, 6.07) is 0.911. The summed E-state index contributed by atoms with van der Waals surface area (Å²) in [6.45, 7) is 1.61. The molecular weight excluding hydrogens is 276 g/mol. The second-order valence-electron chi connectivity index (χ2n) is 3.99. The lowest BCUT2D eigenvalue weighted by Gasteiger charge is -2.06. The number of aromatic carboxylic acids is 1. The SMILES string of the molecule is CCCS(=O)(=O)CCn1cc([N+](=O)[O-])cc1C(=O)O. The highest BCUT2D eigenvalue weighted by molar-refractivity contribution is 7.91. The largest absolute Gasteiger partial charge is 0.477 e. The Morgan fingerprint density at radius 3 is 2.58 bits per heavy atom. The van der Waals surface area contributed by atoms with Gasteiger partial charge in [0.25, 0.3) is 5.69 Å².